The Labute approximate surface area is 207 Å². The Balaban J connectivity index is 1.43. The molecular formula is C28H35N5O2. The Morgan fingerprint density at radius 1 is 1.14 bits per heavy atom. The van der Waals surface area contributed by atoms with Crippen LogP contribution in [0.4, 0.5) is 11.5 Å². The number of ether oxygens (including phenoxy) is 1. The van der Waals surface area contributed by atoms with Gasteiger partial charge in [-0.3, -0.25) is 4.79 Å². The largest absolute Gasteiger partial charge is 0.383 e. The van der Waals surface area contributed by atoms with Gasteiger partial charge in [-0.05, 0) is 53.8 Å². The number of aryl methyl sites for hydroxylation is 2. The third kappa shape index (κ3) is 5.81. The highest BCUT2D eigenvalue weighted by atomic mass is 16.5. The smallest absolute Gasteiger partial charge is 0.255 e. The normalized spacial score (nSPS) is 17.4. The van der Waals surface area contributed by atoms with Crippen molar-refractivity contribution >= 4 is 17.4 Å². The van der Waals surface area contributed by atoms with Crippen molar-refractivity contribution in [2.75, 3.05) is 37.8 Å². The standard InChI is InChI=1S/C28H35N5O2/c1-5-20-12-19(7-6-18(20)2)17-35-26-16-30-15-25(26)32-28(34)24-13-22(14-31-27(24)29)21-8-10-23(11-9-21)33(3)4/h6-14,25-26,30H,5,15-17H2,1-4H3,(H2,29,31)(H,32,34)/t25-,26-/m0/s1. The molecule has 4 rings (SSSR count). The summed E-state index contributed by atoms with van der Waals surface area (Å²) in [7, 11) is 4.00. The molecule has 2 atom stereocenters. The Morgan fingerprint density at radius 3 is 2.63 bits per heavy atom. The van der Waals surface area contributed by atoms with Crippen molar-refractivity contribution in [2.24, 2.45) is 0 Å². The van der Waals surface area contributed by atoms with E-state index in [0.717, 1.165) is 28.8 Å². The molecule has 1 aliphatic rings. The SMILES string of the molecule is CCc1cc(CO[C@H]2CNC[C@@H]2NC(=O)c2cc(-c3ccc(N(C)C)cc3)cnc2N)ccc1C. The number of nitrogen functional groups attached to an aromatic ring is 1. The molecule has 3 aromatic rings. The molecule has 1 saturated heterocycles. The molecule has 7 nitrogen and oxygen atoms in total. The first kappa shape index (κ1) is 24.7. The third-order valence-corrected chi connectivity index (χ3v) is 6.61. The number of hydrogen-bond donors (Lipinski definition) is 3. The molecule has 35 heavy (non-hydrogen) atoms. The van der Waals surface area contributed by atoms with E-state index in [1.54, 1.807) is 12.3 Å². The third-order valence-electron chi connectivity index (χ3n) is 6.61. The molecule has 1 amide bonds. The number of amides is 1. The van der Waals surface area contributed by atoms with Gasteiger partial charge in [0, 0.05) is 44.6 Å². The summed E-state index contributed by atoms with van der Waals surface area (Å²) in [6.45, 7) is 6.12. The van der Waals surface area contributed by atoms with Gasteiger partial charge in [0.1, 0.15) is 5.82 Å². The number of aromatic nitrogens is 1. The minimum absolute atomic E-state index is 0.124. The molecule has 1 aromatic heterocycles. The molecule has 2 aromatic carbocycles. The average molecular weight is 474 g/mol. The zero-order valence-electron chi connectivity index (χ0n) is 21.0. The predicted molar refractivity (Wildman–Crippen MR) is 142 cm³/mol. The van der Waals surface area contributed by atoms with Gasteiger partial charge >= 0.3 is 0 Å². The molecule has 0 spiro atoms. The van der Waals surface area contributed by atoms with Crippen LogP contribution in [0.3, 0.4) is 0 Å². The quantitative estimate of drug-likeness (QED) is 0.463. The fourth-order valence-corrected chi connectivity index (χ4v) is 4.39. The number of nitrogens with two attached hydrogens (primary N) is 1. The lowest BCUT2D eigenvalue weighted by atomic mass is 10.0. The molecule has 0 unspecified atom stereocenters. The second kappa shape index (κ2) is 10.9. The number of carbonyl (C=O) groups is 1. The lowest BCUT2D eigenvalue weighted by molar-refractivity contribution is 0.0357. The van der Waals surface area contributed by atoms with Gasteiger partial charge in [-0.15, -0.1) is 0 Å². The zero-order valence-corrected chi connectivity index (χ0v) is 21.0. The maximum Gasteiger partial charge on any atom is 0.255 e. The van der Waals surface area contributed by atoms with Gasteiger partial charge in [0.25, 0.3) is 5.91 Å². The maximum absolute atomic E-state index is 13.2. The fourth-order valence-electron chi connectivity index (χ4n) is 4.39. The molecule has 1 fully saturated rings. The first-order chi connectivity index (χ1) is 16.9. The monoisotopic (exact) mass is 473 g/mol. The minimum atomic E-state index is -0.243. The Bertz CT molecular complexity index is 1180. The molecule has 2 heterocycles. The highest BCUT2D eigenvalue weighted by molar-refractivity contribution is 5.99. The van der Waals surface area contributed by atoms with E-state index >= 15 is 0 Å². The lowest BCUT2D eigenvalue weighted by Gasteiger charge is -2.21. The molecular weight excluding hydrogens is 438 g/mol. The van der Waals surface area contributed by atoms with Crippen molar-refractivity contribution < 1.29 is 9.53 Å². The van der Waals surface area contributed by atoms with E-state index in [0.29, 0.717) is 25.3 Å². The highest BCUT2D eigenvalue weighted by Crippen LogP contribution is 2.25. The molecule has 4 N–H and O–H groups in total. The molecule has 0 aliphatic carbocycles. The van der Waals surface area contributed by atoms with E-state index in [1.165, 1.54) is 11.1 Å². The molecule has 184 valence electrons. The summed E-state index contributed by atoms with van der Waals surface area (Å²) >= 11 is 0. The van der Waals surface area contributed by atoms with Crippen molar-refractivity contribution in [2.45, 2.75) is 39.0 Å². The first-order valence-corrected chi connectivity index (χ1v) is 12.1. The summed E-state index contributed by atoms with van der Waals surface area (Å²) in [5.41, 5.74) is 13.2. The number of carbonyl (C=O) groups excluding carboxylic acids is 1. The summed E-state index contributed by atoms with van der Waals surface area (Å²) in [5.74, 6) is -0.0287. The summed E-state index contributed by atoms with van der Waals surface area (Å²) in [5, 5.41) is 6.43. The minimum Gasteiger partial charge on any atom is -0.383 e. The number of nitrogens with one attached hydrogen (secondary N) is 2. The summed E-state index contributed by atoms with van der Waals surface area (Å²) < 4.78 is 6.20. The topological polar surface area (TPSA) is 92.5 Å². The summed E-state index contributed by atoms with van der Waals surface area (Å²) in [6.07, 6.45) is 2.57. The van der Waals surface area contributed by atoms with Crippen LogP contribution in [0.25, 0.3) is 11.1 Å². The fraction of sp³-hybridized carbons (Fsp3) is 0.357. The van der Waals surface area contributed by atoms with Gasteiger partial charge in [0.05, 0.1) is 24.3 Å². The van der Waals surface area contributed by atoms with E-state index < -0.39 is 0 Å². The van der Waals surface area contributed by atoms with Crippen molar-refractivity contribution in [3.05, 3.63) is 77.0 Å². The number of anilines is 2. The second-order valence-corrected chi connectivity index (χ2v) is 9.30. The van der Waals surface area contributed by atoms with Crippen molar-refractivity contribution in [1.29, 1.82) is 0 Å². The Kier molecular flexibility index (Phi) is 7.68. The number of rotatable bonds is 8. The van der Waals surface area contributed by atoms with Gasteiger partial charge in [-0.1, -0.05) is 37.3 Å². The molecule has 0 bridgehead atoms. The first-order valence-electron chi connectivity index (χ1n) is 12.1. The Morgan fingerprint density at radius 2 is 1.91 bits per heavy atom. The Hall–Kier alpha value is -3.42. The second-order valence-electron chi connectivity index (χ2n) is 9.30. The van der Waals surface area contributed by atoms with Crippen LogP contribution in [0.15, 0.2) is 54.7 Å². The van der Waals surface area contributed by atoms with E-state index in [-0.39, 0.29) is 23.9 Å². The lowest BCUT2D eigenvalue weighted by Crippen LogP contribution is -2.44. The number of pyridine rings is 1. The van der Waals surface area contributed by atoms with Crippen LogP contribution in [-0.2, 0) is 17.8 Å². The van der Waals surface area contributed by atoms with Gasteiger partial charge in [-0.2, -0.15) is 0 Å². The van der Waals surface area contributed by atoms with Crippen LogP contribution >= 0.6 is 0 Å². The van der Waals surface area contributed by atoms with Crippen LogP contribution in [-0.4, -0.2) is 50.2 Å². The average Bonchev–Trinajstić information content (AvgIpc) is 3.30. The van der Waals surface area contributed by atoms with E-state index in [9.17, 15) is 4.79 Å². The van der Waals surface area contributed by atoms with Crippen LogP contribution in [0, 0.1) is 6.92 Å². The van der Waals surface area contributed by atoms with Crippen LogP contribution in [0.2, 0.25) is 0 Å². The van der Waals surface area contributed by atoms with Gasteiger partial charge in [0.15, 0.2) is 0 Å². The van der Waals surface area contributed by atoms with Crippen molar-refractivity contribution in [3.63, 3.8) is 0 Å². The molecule has 0 saturated carbocycles. The predicted octanol–water partition coefficient (Wildman–Crippen LogP) is 3.55. The van der Waals surface area contributed by atoms with Gasteiger partial charge in [0.2, 0.25) is 0 Å². The van der Waals surface area contributed by atoms with Crippen molar-refractivity contribution in [1.82, 2.24) is 15.6 Å². The van der Waals surface area contributed by atoms with Crippen LogP contribution < -0.4 is 21.3 Å². The van der Waals surface area contributed by atoms with Gasteiger partial charge in [-0.25, -0.2) is 4.98 Å². The van der Waals surface area contributed by atoms with Crippen molar-refractivity contribution in [3.8, 4) is 11.1 Å². The molecule has 1 aliphatic heterocycles. The molecule has 7 heteroatoms. The van der Waals surface area contributed by atoms with Gasteiger partial charge < -0.3 is 26.0 Å². The van der Waals surface area contributed by atoms with Crippen LogP contribution in [0.5, 0.6) is 0 Å². The maximum atomic E-state index is 13.2. The van der Waals surface area contributed by atoms with Crippen LogP contribution in [0.1, 0.15) is 34.0 Å². The molecule has 0 radical (unpaired) electrons. The van der Waals surface area contributed by atoms with E-state index in [2.05, 4.69) is 47.7 Å². The van der Waals surface area contributed by atoms with E-state index in [4.69, 9.17) is 10.5 Å². The number of nitrogens with zero attached hydrogens (tertiary/aromatic N) is 2. The summed E-state index contributed by atoms with van der Waals surface area (Å²) in [6, 6.07) is 16.2. The summed E-state index contributed by atoms with van der Waals surface area (Å²) in [4.78, 5) is 19.5. The number of hydrogen-bond acceptors (Lipinski definition) is 6. The number of benzene rings is 2. The van der Waals surface area contributed by atoms with E-state index in [1.807, 2.05) is 43.3 Å². The highest BCUT2D eigenvalue weighted by Gasteiger charge is 2.30. The zero-order chi connectivity index (χ0) is 24.9.